The second-order valence-corrected chi connectivity index (χ2v) is 5.23. The lowest BCUT2D eigenvalue weighted by atomic mass is 9.95. The van der Waals surface area contributed by atoms with Gasteiger partial charge in [-0.15, -0.1) is 0 Å². The quantitative estimate of drug-likeness (QED) is 0.710. The number of hydrogen-bond donors (Lipinski definition) is 3. The average molecular weight is 292 g/mol. The summed E-state index contributed by atoms with van der Waals surface area (Å²) in [5.74, 6) is -0.0916. The third-order valence-corrected chi connectivity index (χ3v) is 3.74. The van der Waals surface area contributed by atoms with Crippen LogP contribution in [0.2, 0.25) is 0 Å². The maximum absolute atomic E-state index is 11.6. The van der Waals surface area contributed by atoms with Gasteiger partial charge in [-0.3, -0.25) is 4.79 Å². The molecule has 0 heterocycles. The molecule has 6 nitrogen and oxygen atoms in total. The van der Waals surface area contributed by atoms with Crippen LogP contribution in [0.15, 0.2) is 24.3 Å². The number of methoxy groups -OCH3 is 1. The highest BCUT2D eigenvalue weighted by atomic mass is 16.5. The van der Waals surface area contributed by atoms with Crippen molar-refractivity contribution in [2.24, 2.45) is 0 Å². The van der Waals surface area contributed by atoms with Crippen LogP contribution in [0.5, 0.6) is 5.75 Å². The van der Waals surface area contributed by atoms with Gasteiger partial charge in [0, 0.05) is 24.1 Å². The highest BCUT2D eigenvalue weighted by Crippen LogP contribution is 2.50. The minimum absolute atomic E-state index is 0.0588. The molecule has 1 aliphatic carbocycles. The topological polar surface area (TPSA) is 87.7 Å². The Morgan fingerprint density at radius 2 is 2.00 bits per heavy atom. The highest BCUT2D eigenvalue weighted by molar-refractivity contribution is 5.75. The van der Waals surface area contributed by atoms with Crippen molar-refractivity contribution in [2.45, 2.75) is 24.7 Å². The van der Waals surface area contributed by atoms with Gasteiger partial charge in [-0.05, 0) is 18.9 Å². The van der Waals surface area contributed by atoms with Crippen LogP contribution in [0.1, 0.15) is 24.8 Å². The minimum Gasteiger partial charge on any atom is -0.496 e. The van der Waals surface area contributed by atoms with Crippen molar-refractivity contribution < 1.29 is 19.4 Å². The molecule has 0 bridgehead atoms. The van der Waals surface area contributed by atoms with E-state index in [0.29, 0.717) is 6.54 Å². The number of ether oxygens (including phenoxy) is 1. The van der Waals surface area contributed by atoms with E-state index in [2.05, 4.69) is 10.6 Å². The molecular weight excluding hydrogens is 272 g/mol. The molecule has 0 spiro atoms. The molecule has 3 N–H and O–H groups in total. The fourth-order valence-corrected chi connectivity index (χ4v) is 2.37. The molecule has 1 aromatic carbocycles. The van der Waals surface area contributed by atoms with Crippen molar-refractivity contribution in [3.8, 4) is 5.75 Å². The fraction of sp³-hybridized carbons (Fsp3) is 0.467. The van der Waals surface area contributed by atoms with Gasteiger partial charge in [0.25, 0.3) is 0 Å². The summed E-state index contributed by atoms with van der Waals surface area (Å²) in [4.78, 5) is 22.0. The van der Waals surface area contributed by atoms with Crippen molar-refractivity contribution in [1.82, 2.24) is 10.6 Å². The van der Waals surface area contributed by atoms with Gasteiger partial charge in [-0.25, -0.2) is 4.79 Å². The van der Waals surface area contributed by atoms with Crippen LogP contribution >= 0.6 is 0 Å². The normalized spacial score (nSPS) is 15.1. The molecule has 0 saturated heterocycles. The molecule has 21 heavy (non-hydrogen) atoms. The predicted octanol–water partition coefficient (Wildman–Crippen LogP) is 1.50. The number of urea groups is 1. The maximum atomic E-state index is 11.6. The Morgan fingerprint density at radius 1 is 1.29 bits per heavy atom. The van der Waals surface area contributed by atoms with Gasteiger partial charge < -0.3 is 20.5 Å². The third-order valence-electron chi connectivity index (χ3n) is 3.74. The van der Waals surface area contributed by atoms with Crippen LogP contribution in [0, 0.1) is 0 Å². The molecule has 0 unspecified atom stereocenters. The number of carbonyl (C=O) groups is 2. The molecule has 6 heteroatoms. The molecular formula is C15H20N2O4. The van der Waals surface area contributed by atoms with E-state index in [1.807, 2.05) is 24.3 Å². The average Bonchev–Trinajstić information content (AvgIpc) is 3.26. The maximum Gasteiger partial charge on any atom is 0.314 e. The van der Waals surface area contributed by atoms with Gasteiger partial charge in [0.05, 0.1) is 13.5 Å². The van der Waals surface area contributed by atoms with Crippen LogP contribution in [0.25, 0.3) is 0 Å². The standard InChI is InChI=1S/C15H20N2O4/c1-21-12-5-3-2-4-11(12)15(7-8-15)10-17-14(20)16-9-6-13(18)19/h2-5H,6-10H2,1H3,(H,18,19)(H2,16,17,20). The first-order valence-corrected chi connectivity index (χ1v) is 6.94. The van der Waals surface area contributed by atoms with Gasteiger partial charge in [-0.2, -0.15) is 0 Å². The number of amides is 2. The van der Waals surface area contributed by atoms with E-state index < -0.39 is 5.97 Å². The molecule has 0 aliphatic heterocycles. The summed E-state index contributed by atoms with van der Waals surface area (Å²) >= 11 is 0. The second-order valence-electron chi connectivity index (χ2n) is 5.23. The zero-order chi connectivity index (χ0) is 15.3. The SMILES string of the molecule is COc1ccccc1C1(CNC(=O)NCCC(=O)O)CC1. The Balaban J connectivity index is 1.87. The monoisotopic (exact) mass is 292 g/mol. The fourth-order valence-electron chi connectivity index (χ4n) is 2.37. The van der Waals surface area contributed by atoms with Crippen LogP contribution in [-0.2, 0) is 10.2 Å². The molecule has 0 radical (unpaired) electrons. The van der Waals surface area contributed by atoms with Crippen molar-refractivity contribution in [3.05, 3.63) is 29.8 Å². The lowest BCUT2D eigenvalue weighted by Crippen LogP contribution is -2.40. The van der Waals surface area contributed by atoms with Gasteiger partial charge in [0.2, 0.25) is 0 Å². The number of benzene rings is 1. The Bertz CT molecular complexity index is 526. The smallest absolute Gasteiger partial charge is 0.314 e. The molecule has 1 saturated carbocycles. The van der Waals surface area contributed by atoms with Gasteiger partial charge >= 0.3 is 12.0 Å². The zero-order valence-corrected chi connectivity index (χ0v) is 12.0. The summed E-state index contributed by atoms with van der Waals surface area (Å²) in [5, 5.41) is 13.9. The molecule has 0 aromatic heterocycles. The van der Waals surface area contributed by atoms with E-state index in [-0.39, 0.29) is 24.4 Å². The lowest BCUT2D eigenvalue weighted by molar-refractivity contribution is -0.136. The second kappa shape index (κ2) is 6.47. The number of aliphatic carboxylic acids is 1. The number of hydrogen-bond acceptors (Lipinski definition) is 3. The molecule has 1 aromatic rings. The summed E-state index contributed by atoms with van der Waals surface area (Å²) in [5.41, 5.74) is 1.05. The van der Waals surface area contributed by atoms with E-state index >= 15 is 0 Å². The van der Waals surface area contributed by atoms with Crippen LogP contribution in [-0.4, -0.2) is 37.3 Å². The number of carbonyl (C=O) groups excluding carboxylic acids is 1. The zero-order valence-electron chi connectivity index (χ0n) is 12.0. The summed E-state index contributed by atoms with van der Waals surface area (Å²) in [6.07, 6.45) is 1.93. The predicted molar refractivity (Wildman–Crippen MR) is 77.6 cm³/mol. The molecule has 1 fully saturated rings. The number of carboxylic acids is 1. The number of rotatable bonds is 7. The lowest BCUT2D eigenvalue weighted by Gasteiger charge is -2.19. The molecule has 114 valence electrons. The largest absolute Gasteiger partial charge is 0.496 e. The first-order valence-electron chi connectivity index (χ1n) is 6.94. The Hall–Kier alpha value is -2.24. The Labute approximate surface area is 123 Å². The molecule has 2 rings (SSSR count). The van der Waals surface area contributed by atoms with Gasteiger partial charge in [0.1, 0.15) is 5.75 Å². The third kappa shape index (κ3) is 3.87. The molecule has 0 atom stereocenters. The van der Waals surface area contributed by atoms with Crippen molar-refractivity contribution in [1.29, 1.82) is 0 Å². The van der Waals surface area contributed by atoms with E-state index in [4.69, 9.17) is 9.84 Å². The first-order chi connectivity index (χ1) is 10.1. The highest BCUT2D eigenvalue weighted by Gasteiger charge is 2.46. The van der Waals surface area contributed by atoms with Crippen molar-refractivity contribution in [2.75, 3.05) is 20.2 Å². The first kappa shape index (κ1) is 15.2. The number of nitrogens with one attached hydrogen (secondary N) is 2. The van der Waals surface area contributed by atoms with Crippen LogP contribution < -0.4 is 15.4 Å². The number of carboxylic acid groups (broad SMARTS) is 1. The minimum atomic E-state index is -0.928. The van der Waals surface area contributed by atoms with Gasteiger partial charge in [-0.1, -0.05) is 18.2 Å². The van der Waals surface area contributed by atoms with Crippen molar-refractivity contribution >= 4 is 12.0 Å². The van der Waals surface area contributed by atoms with Crippen LogP contribution in [0.4, 0.5) is 4.79 Å². The summed E-state index contributed by atoms with van der Waals surface area (Å²) in [6.45, 7) is 0.648. The van der Waals surface area contributed by atoms with E-state index in [1.165, 1.54) is 0 Å². The molecule has 1 aliphatic rings. The Morgan fingerprint density at radius 3 is 2.62 bits per heavy atom. The van der Waals surface area contributed by atoms with E-state index in [9.17, 15) is 9.59 Å². The van der Waals surface area contributed by atoms with E-state index in [1.54, 1.807) is 7.11 Å². The van der Waals surface area contributed by atoms with Crippen molar-refractivity contribution in [3.63, 3.8) is 0 Å². The Kier molecular flexibility index (Phi) is 4.67. The summed E-state index contributed by atoms with van der Waals surface area (Å²) in [7, 11) is 1.64. The molecule has 2 amide bonds. The number of para-hydroxylation sites is 1. The van der Waals surface area contributed by atoms with E-state index in [0.717, 1.165) is 24.2 Å². The summed E-state index contributed by atoms with van der Waals surface area (Å²) < 4.78 is 5.38. The van der Waals surface area contributed by atoms with Gasteiger partial charge in [0.15, 0.2) is 0 Å². The van der Waals surface area contributed by atoms with Crippen LogP contribution in [0.3, 0.4) is 0 Å². The summed E-state index contributed by atoms with van der Waals surface area (Å²) in [6, 6.07) is 7.49.